The summed E-state index contributed by atoms with van der Waals surface area (Å²) < 4.78 is 2.46. The SMILES string of the molecule is Cc1c(C)n(-c2ccc(-c3cc4ccccc4c4ccccc34)cc2)c2c1ccc1c(-c3ccc4ccccc4c3)cccc12. The first-order valence-electron chi connectivity index (χ1n) is 15.7. The first kappa shape index (κ1) is 25.8. The molecule has 0 atom stereocenters. The lowest BCUT2D eigenvalue weighted by Gasteiger charge is -2.15. The fourth-order valence-electron chi connectivity index (χ4n) is 7.43. The lowest BCUT2D eigenvalue weighted by Crippen LogP contribution is -1.97. The first-order valence-corrected chi connectivity index (χ1v) is 15.7. The van der Waals surface area contributed by atoms with Crippen LogP contribution in [0.4, 0.5) is 0 Å². The number of hydrogen-bond acceptors (Lipinski definition) is 0. The number of benzene rings is 8. The van der Waals surface area contributed by atoms with Gasteiger partial charge in [-0.15, -0.1) is 0 Å². The molecule has 0 aliphatic carbocycles. The van der Waals surface area contributed by atoms with Crippen molar-refractivity contribution in [2.75, 3.05) is 0 Å². The number of aromatic nitrogens is 1. The molecule has 9 rings (SSSR count). The van der Waals surface area contributed by atoms with Crippen LogP contribution in [0.15, 0.2) is 152 Å². The van der Waals surface area contributed by atoms with Gasteiger partial charge in [-0.2, -0.15) is 0 Å². The molecule has 1 nitrogen and oxygen atoms in total. The lowest BCUT2D eigenvalue weighted by molar-refractivity contribution is 1.04. The van der Waals surface area contributed by atoms with E-state index in [9.17, 15) is 0 Å². The topological polar surface area (TPSA) is 4.93 Å². The Hall–Kier alpha value is -5.66. The predicted molar refractivity (Wildman–Crippen MR) is 194 cm³/mol. The third-order valence-electron chi connectivity index (χ3n) is 9.80. The zero-order valence-corrected chi connectivity index (χ0v) is 25.4. The van der Waals surface area contributed by atoms with Crippen LogP contribution in [0.25, 0.3) is 81.9 Å². The van der Waals surface area contributed by atoms with Gasteiger partial charge in [0.15, 0.2) is 0 Å². The normalized spacial score (nSPS) is 11.8. The second-order valence-electron chi connectivity index (χ2n) is 12.2. The monoisotopic (exact) mass is 573 g/mol. The smallest absolute Gasteiger partial charge is 0.0612 e. The maximum Gasteiger partial charge on any atom is 0.0612 e. The van der Waals surface area contributed by atoms with Crippen molar-refractivity contribution in [1.29, 1.82) is 0 Å². The number of fused-ring (bicyclic) bond motifs is 7. The van der Waals surface area contributed by atoms with Gasteiger partial charge in [0.05, 0.1) is 5.52 Å². The van der Waals surface area contributed by atoms with Crippen LogP contribution in [0.5, 0.6) is 0 Å². The van der Waals surface area contributed by atoms with Crippen molar-refractivity contribution in [2.45, 2.75) is 13.8 Å². The number of nitrogens with zero attached hydrogens (tertiary/aromatic N) is 1. The van der Waals surface area contributed by atoms with E-state index in [-0.39, 0.29) is 0 Å². The summed E-state index contributed by atoms with van der Waals surface area (Å²) >= 11 is 0. The highest BCUT2D eigenvalue weighted by molar-refractivity contribution is 6.14. The molecular weight excluding hydrogens is 542 g/mol. The van der Waals surface area contributed by atoms with Crippen molar-refractivity contribution < 1.29 is 0 Å². The van der Waals surface area contributed by atoms with E-state index in [2.05, 4.69) is 170 Å². The Morgan fingerprint density at radius 3 is 1.82 bits per heavy atom. The summed E-state index contributed by atoms with van der Waals surface area (Å²) in [7, 11) is 0. The van der Waals surface area contributed by atoms with E-state index < -0.39 is 0 Å². The van der Waals surface area contributed by atoms with Gasteiger partial charge in [-0.25, -0.2) is 0 Å². The molecule has 0 bridgehead atoms. The minimum atomic E-state index is 1.18. The van der Waals surface area contributed by atoms with Gasteiger partial charge in [0.1, 0.15) is 0 Å². The average molecular weight is 574 g/mol. The van der Waals surface area contributed by atoms with Crippen LogP contribution in [0.1, 0.15) is 11.3 Å². The molecule has 0 aliphatic rings. The van der Waals surface area contributed by atoms with Crippen molar-refractivity contribution in [3.8, 4) is 27.9 Å². The maximum absolute atomic E-state index is 2.46. The quantitative estimate of drug-likeness (QED) is 0.185. The van der Waals surface area contributed by atoms with Gasteiger partial charge < -0.3 is 4.57 Å². The molecule has 0 aliphatic heterocycles. The molecule has 0 unspecified atom stereocenters. The van der Waals surface area contributed by atoms with E-state index in [1.807, 2.05) is 0 Å². The Labute approximate surface area is 262 Å². The van der Waals surface area contributed by atoms with Gasteiger partial charge in [-0.3, -0.25) is 0 Å². The molecule has 0 fully saturated rings. The van der Waals surface area contributed by atoms with Gasteiger partial charge in [0.25, 0.3) is 0 Å². The van der Waals surface area contributed by atoms with Gasteiger partial charge in [-0.1, -0.05) is 127 Å². The van der Waals surface area contributed by atoms with Gasteiger partial charge in [-0.05, 0) is 104 Å². The van der Waals surface area contributed by atoms with Crippen LogP contribution in [0.2, 0.25) is 0 Å². The highest BCUT2D eigenvalue weighted by atomic mass is 15.0. The molecule has 0 saturated heterocycles. The molecule has 8 aromatic carbocycles. The molecule has 0 amide bonds. The predicted octanol–water partition coefficient (Wildman–Crippen LogP) is 12.2. The Kier molecular flexibility index (Phi) is 5.70. The summed E-state index contributed by atoms with van der Waals surface area (Å²) in [5.41, 5.74) is 10.1. The molecular formula is C44H31N. The largest absolute Gasteiger partial charge is 0.313 e. The van der Waals surface area contributed by atoms with E-state index in [1.165, 1.54) is 93.2 Å². The Bertz CT molecular complexity index is 2600. The molecule has 0 saturated carbocycles. The molecule has 1 aromatic heterocycles. The molecule has 1 heteroatoms. The zero-order chi connectivity index (χ0) is 30.1. The highest BCUT2D eigenvalue weighted by Gasteiger charge is 2.17. The third-order valence-corrected chi connectivity index (χ3v) is 9.80. The number of aryl methyl sites for hydroxylation is 1. The Morgan fingerprint density at radius 2 is 1.00 bits per heavy atom. The summed E-state index contributed by atoms with van der Waals surface area (Å²) in [4.78, 5) is 0. The number of rotatable bonds is 3. The standard InChI is InChI=1S/C44H31N/c1-28-29(2)45(35-22-20-31(21-23-35)43-27-33-12-5-6-13-37(33)39-14-7-8-15-40(39)43)44-36(28)24-25-41-38(16-9-17-42(41)44)34-19-18-30-10-3-4-11-32(30)26-34/h3-27H,1-2H3. The van der Waals surface area contributed by atoms with Crippen molar-refractivity contribution in [1.82, 2.24) is 4.57 Å². The van der Waals surface area contributed by atoms with Crippen LogP contribution in [0.3, 0.4) is 0 Å². The minimum Gasteiger partial charge on any atom is -0.313 e. The summed E-state index contributed by atoms with van der Waals surface area (Å²) in [5.74, 6) is 0. The fourth-order valence-corrected chi connectivity index (χ4v) is 7.43. The van der Waals surface area contributed by atoms with E-state index in [4.69, 9.17) is 0 Å². The van der Waals surface area contributed by atoms with Crippen LogP contribution in [-0.2, 0) is 0 Å². The van der Waals surface area contributed by atoms with Gasteiger partial charge in [0, 0.05) is 22.2 Å². The van der Waals surface area contributed by atoms with Gasteiger partial charge >= 0.3 is 0 Å². The molecule has 1 heterocycles. The van der Waals surface area contributed by atoms with Crippen LogP contribution < -0.4 is 0 Å². The summed E-state index contributed by atoms with van der Waals surface area (Å²) in [6.07, 6.45) is 0. The van der Waals surface area contributed by atoms with Crippen molar-refractivity contribution in [3.63, 3.8) is 0 Å². The average Bonchev–Trinajstić information content (AvgIpc) is 3.36. The zero-order valence-electron chi connectivity index (χ0n) is 25.4. The van der Waals surface area contributed by atoms with Crippen LogP contribution in [0, 0.1) is 13.8 Å². The third kappa shape index (κ3) is 3.94. The second-order valence-corrected chi connectivity index (χ2v) is 12.2. The lowest BCUT2D eigenvalue weighted by atomic mass is 9.93. The van der Waals surface area contributed by atoms with Crippen molar-refractivity contribution in [3.05, 3.63) is 163 Å². The van der Waals surface area contributed by atoms with Crippen LogP contribution >= 0.6 is 0 Å². The van der Waals surface area contributed by atoms with E-state index >= 15 is 0 Å². The summed E-state index contributed by atoms with van der Waals surface area (Å²) in [6, 6.07) is 55.8. The highest BCUT2D eigenvalue weighted by Crippen LogP contribution is 2.40. The van der Waals surface area contributed by atoms with Crippen molar-refractivity contribution >= 4 is 54.0 Å². The second kappa shape index (κ2) is 9.94. The minimum absolute atomic E-state index is 1.18. The molecule has 0 spiro atoms. The Balaban J connectivity index is 1.22. The van der Waals surface area contributed by atoms with E-state index in [0.717, 1.165) is 0 Å². The van der Waals surface area contributed by atoms with Crippen molar-refractivity contribution in [2.24, 2.45) is 0 Å². The van der Waals surface area contributed by atoms with E-state index in [1.54, 1.807) is 0 Å². The first-order chi connectivity index (χ1) is 22.2. The maximum atomic E-state index is 2.46. The van der Waals surface area contributed by atoms with Gasteiger partial charge in [0.2, 0.25) is 0 Å². The summed E-state index contributed by atoms with van der Waals surface area (Å²) in [5, 5.41) is 11.5. The Morgan fingerprint density at radius 1 is 0.378 bits per heavy atom. The number of hydrogen-bond donors (Lipinski definition) is 0. The molecule has 9 aromatic rings. The summed E-state index contributed by atoms with van der Waals surface area (Å²) in [6.45, 7) is 4.50. The fraction of sp³-hybridized carbons (Fsp3) is 0.0455. The van der Waals surface area contributed by atoms with Crippen LogP contribution in [-0.4, -0.2) is 4.57 Å². The molecule has 212 valence electrons. The van der Waals surface area contributed by atoms with E-state index in [0.29, 0.717) is 0 Å². The molecule has 0 radical (unpaired) electrons. The molecule has 0 N–H and O–H groups in total. The molecule has 45 heavy (non-hydrogen) atoms.